The van der Waals surface area contributed by atoms with Gasteiger partial charge in [-0.15, -0.1) is 0 Å². The number of amides is 1. The minimum atomic E-state index is -0.0134. The van der Waals surface area contributed by atoms with Crippen molar-refractivity contribution in [2.75, 3.05) is 33.9 Å². The van der Waals surface area contributed by atoms with Gasteiger partial charge >= 0.3 is 0 Å². The number of carbonyl (C=O) groups excluding carboxylic acids is 1. The van der Waals surface area contributed by atoms with Crippen LogP contribution in [0.1, 0.15) is 43.0 Å². The summed E-state index contributed by atoms with van der Waals surface area (Å²) in [5.74, 6) is 1.21. The molecule has 0 saturated carbocycles. The molecule has 5 nitrogen and oxygen atoms in total. The van der Waals surface area contributed by atoms with Crippen LogP contribution in [0.2, 0.25) is 0 Å². The van der Waals surface area contributed by atoms with Crippen LogP contribution in [0, 0.1) is 0 Å². The van der Waals surface area contributed by atoms with Crippen molar-refractivity contribution in [3.8, 4) is 11.5 Å². The number of rotatable bonds is 7. The van der Waals surface area contributed by atoms with Crippen molar-refractivity contribution >= 4 is 5.91 Å². The molecule has 1 aromatic rings. The lowest BCUT2D eigenvalue weighted by molar-refractivity contribution is -0.00389. The summed E-state index contributed by atoms with van der Waals surface area (Å²) in [6, 6.07) is 5.30. The van der Waals surface area contributed by atoms with Crippen LogP contribution >= 0.6 is 0 Å². The third kappa shape index (κ3) is 4.61. The Balaban J connectivity index is 2.16. The molecule has 0 spiro atoms. The van der Waals surface area contributed by atoms with Crippen molar-refractivity contribution in [1.29, 1.82) is 0 Å². The lowest BCUT2D eigenvalue weighted by Crippen LogP contribution is -2.40. The highest BCUT2D eigenvalue weighted by atomic mass is 16.5. The van der Waals surface area contributed by atoms with Crippen LogP contribution in [0.5, 0.6) is 11.5 Å². The van der Waals surface area contributed by atoms with E-state index in [1.54, 1.807) is 32.4 Å². The molecule has 2 rings (SSSR count). The van der Waals surface area contributed by atoms with Gasteiger partial charge in [0.2, 0.25) is 0 Å². The second-order valence-electron chi connectivity index (χ2n) is 5.81. The number of ether oxygens (including phenoxy) is 3. The molecule has 1 unspecified atom stereocenters. The Labute approximate surface area is 138 Å². The van der Waals surface area contributed by atoms with Gasteiger partial charge in [0, 0.05) is 25.8 Å². The van der Waals surface area contributed by atoms with E-state index in [1.165, 1.54) is 6.42 Å². The Kier molecular flexibility index (Phi) is 6.71. The van der Waals surface area contributed by atoms with Gasteiger partial charge < -0.3 is 19.1 Å². The number of hydrogen-bond acceptors (Lipinski definition) is 4. The van der Waals surface area contributed by atoms with Gasteiger partial charge in [0.1, 0.15) is 11.5 Å². The van der Waals surface area contributed by atoms with Crippen molar-refractivity contribution in [1.82, 2.24) is 4.90 Å². The molecule has 0 N–H and O–H groups in total. The fourth-order valence-electron chi connectivity index (χ4n) is 2.89. The molecular formula is C18H27NO4. The van der Waals surface area contributed by atoms with Crippen LogP contribution in [0.25, 0.3) is 0 Å². The molecule has 5 heteroatoms. The molecule has 1 amide bonds. The number of hydrogen-bond donors (Lipinski definition) is 0. The van der Waals surface area contributed by atoms with Gasteiger partial charge in [-0.05, 0) is 37.8 Å². The van der Waals surface area contributed by atoms with Crippen LogP contribution in [-0.2, 0) is 4.74 Å². The van der Waals surface area contributed by atoms with E-state index < -0.39 is 0 Å². The monoisotopic (exact) mass is 321 g/mol. The molecule has 0 bridgehead atoms. The largest absolute Gasteiger partial charge is 0.497 e. The number of carbonyl (C=O) groups is 1. The molecule has 0 aromatic heterocycles. The lowest BCUT2D eigenvalue weighted by atomic mass is 10.1. The predicted octanol–water partition coefficient (Wildman–Crippen LogP) is 3.13. The van der Waals surface area contributed by atoms with E-state index >= 15 is 0 Å². The summed E-state index contributed by atoms with van der Waals surface area (Å²) in [5, 5.41) is 0. The minimum absolute atomic E-state index is 0.0134. The molecule has 128 valence electrons. The second kappa shape index (κ2) is 8.77. The van der Waals surface area contributed by atoms with Crippen molar-refractivity contribution < 1.29 is 19.0 Å². The molecule has 1 aromatic carbocycles. The van der Waals surface area contributed by atoms with Gasteiger partial charge in [-0.1, -0.05) is 6.92 Å². The van der Waals surface area contributed by atoms with Crippen LogP contribution in [0.15, 0.2) is 18.2 Å². The first-order valence-electron chi connectivity index (χ1n) is 8.32. The topological polar surface area (TPSA) is 48.0 Å². The first-order chi connectivity index (χ1) is 11.2. The number of methoxy groups -OCH3 is 2. The molecule has 23 heavy (non-hydrogen) atoms. The molecule has 1 heterocycles. The fraction of sp³-hybridized carbons (Fsp3) is 0.611. The van der Waals surface area contributed by atoms with Crippen molar-refractivity contribution in [3.05, 3.63) is 23.8 Å². The van der Waals surface area contributed by atoms with E-state index in [1.807, 2.05) is 4.90 Å². The van der Waals surface area contributed by atoms with Gasteiger partial charge in [0.25, 0.3) is 5.91 Å². The zero-order valence-electron chi connectivity index (χ0n) is 14.3. The van der Waals surface area contributed by atoms with Crippen LogP contribution < -0.4 is 9.47 Å². The Morgan fingerprint density at radius 3 is 2.74 bits per heavy atom. The van der Waals surface area contributed by atoms with E-state index in [9.17, 15) is 4.79 Å². The van der Waals surface area contributed by atoms with Crippen molar-refractivity contribution in [3.63, 3.8) is 0 Å². The smallest absolute Gasteiger partial charge is 0.257 e. The predicted molar refractivity (Wildman–Crippen MR) is 89.3 cm³/mol. The normalized spacial score (nSPS) is 17.6. The highest BCUT2D eigenvalue weighted by Gasteiger charge is 2.24. The molecule has 0 radical (unpaired) electrons. The quantitative estimate of drug-likeness (QED) is 0.774. The first kappa shape index (κ1) is 17.6. The average molecular weight is 321 g/mol. The van der Waals surface area contributed by atoms with Gasteiger partial charge in [-0.3, -0.25) is 4.79 Å². The lowest BCUT2D eigenvalue weighted by Gasteiger charge is -2.30. The van der Waals surface area contributed by atoms with E-state index in [-0.39, 0.29) is 12.0 Å². The Bertz CT molecular complexity index is 512. The standard InChI is InChI=1S/C18H27NO4/c1-4-10-19(13-15-7-5-6-11-23-15)18(20)16-9-8-14(21-2)12-17(16)22-3/h8-9,12,15H,4-7,10-11,13H2,1-3H3. The summed E-state index contributed by atoms with van der Waals surface area (Å²) >= 11 is 0. The molecule has 1 aliphatic rings. The average Bonchev–Trinajstić information content (AvgIpc) is 2.61. The maximum absolute atomic E-state index is 12.9. The molecule has 1 saturated heterocycles. The zero-order valence-corrected chi connectivity index (χ0v) is 14.3. The summed E-state index contributed by atoms with van der Waals surface area (Å²) in [5.41, 5.74) is 0.567. The van der Waals surface area contributed by atoms with Gasteiger partial charge in [0.15, 0.2) is 0 Å². The minimum Gasteiger partial charge on any atom is -0.497 e. The Morgan fingerprint density at radius 2 is 2.13 bits per heavy atom. The second-order valence-corrected chi connectivity index (χ2v) is 5.81. The van der Waals surface area contributed by atoms with Crippen LogP contribution in [-0.4, -0.2) is 50.8 Å². The molecule has 0 aliphatic carbocycles. The summed E-state index contributed by atoms with van der Waals surface area (Å²) in [4.78, 5) is 14.8. The van der Waals surface area contributed by atoms with E-state index in [2.05, 4.69) is 6.92 Å². The SMILES string of the molecule is CCCN(CC1CCCCO1)C(=O)c1ccc(OC)cc1OC. The number of nitrogens with zero attached hydrogens (tertiary/aromatic N) is 1. The van der Waals surface area contributed by atoms with Gasteiger partial charge in [-0.2, -0.15) is 0 Å². The molecule has 1 aliphatic heterocycles. The van der Waals surface area contributed by atoms with Crippen LogP contribution in [0.3, 0.4) is 0 Å². The summed E-state index contributed by atoms with van der Waals surface area (Å²) in [6.07, 6.45) is 4.36. The fourth-order valence-corrected chi connectivity index (χ4v) is 2.89. The first-order valence-corrected chi connectivity index (χ1v) is 8.32. The number of benzene rings is 1. The van der Waals surface area contributed by atoms with E-state index in [0.717, 1.165) is 25.9 Å². The van der Waals surface area contributed by atoms with Crippen molar-refractivity contribution in [2.45, 2.75) is 38.7 Å². The van der Waals surface area contributed by atoms with E-state index in [4.69, 9.17) is 14.2 Å². The summed E-state index contributed by atoms with van der Waals surface area (Å²) < 4.78 is 16.4. The Morgan fingerprint density at radius 1 is 1.30 bits per heavy atom. The van der Waals surface area contributed by atoms with E-state index in [0.29, 0.717) is 30.2 Å². The molecule has 1 atom stereocenters. The molecular weight excluding hydrogens is 294 g/mol. The maximum atomic E-state index is 12.9. The zero-order chi connectivity index (χ0) is 16.7. The highest BCUT2D eigenvalue weighted by Crippen LogP contribution is 2.26. The van der Waals surface area contributed by atoms with Crippen LogP contribution in [0.4, 0.5) is 0 Å². The van der Waals surface area contributed by atoms with Gasteiger partial charge in [0.05, 0.1) is 25.9 Å². The summed E-state index contributed by atoms with van der Waals surface area (Å²) in [7, 11) is 3.17. The molecule has 1 fully saturated rings. The Hall–Kier alpha value is -1.75. The van der Waals surface area contributed by atoms with Gasteiger partial charge in [-0.25, -0.2) is 0 Å². The van der Waals surface area contributed by atoms with Crippen molar-refractivity contribution in [2.24, 2.45) is 0 Å². The summed E-state index contributed by atoms with van der Waals surface area (Å²) in [6.45, 7) is 4.23. The highest BCUT2D eigenvalue weighted by molar-refractivity contribution is 5.97. The third-order valence-electron chi connectivity index (χ3n) is 4.12. The maximum Gasteiger partial charge on any atom is 0.257 e. The third-order valence-corrected chi connectivity index (χ3v) is 4.12.